The molecule has 1 amide bonds. The highest BCUT2D eigenvalue weighted by Crippen LogP contribution is 2.41. The summed E-state index contributed by atoms with van der Waals surface area (Å²) in [6.07, 6.45) is 3.07. The second kappa shape index (κ2) is 5.83. The van der Waals surface area contributed by atoms with Crippen LogP contribution < -0.4 is 15.4 Å². The Morgan fingerprint density at radius 1 is 1.35 bits per heavy atom. The largest absolute Gasteiger partial charge is 0.497 e. The van der Waals surface area contributed by atoms with Crippen molar-refractivity contribution in [3.8, 4) is 5.75 Å². The number of carbonyl (C=O) groups excluding carboxylic acids is 1. The van der Waals surface area contributed by atoms with Crippen LogP contribution in [0.4, 0.5) is 0 Å². The molecule has 0 spiro atoms. The molecule has 3 rings (SSSR count). The maximum absolute atomic E-state index is 12.1. The summed E-state index contributed by atoms with van der Waals surface area (Å²) in [5, 5.41) is 6.43. The van der Waals surface area contributed by atoms with E-state index in [-0.39, 0.29) is 11.9 Å². The van der Waals surface area contributed by atoms with Gasteiger partial charge in [0.1, 0.15) is 5.75 Å². The molecule has 1 atom stereocenters. The van der Waals surface area contributed by atoms with Gasteiger partial charge in [0, 0.05) is 6.42 Å². The highest BCUT2D eigenvalue weighted by molar-refractivity contribution is 5.77. The Labute approximate surface area is 119 Å². The summed E-state index contributed by atoms with van der Waals surface area (Å²) in [5.41, 5.74) is 1.19. The van der Waals surface area contributed by atoms with Gasteiger partial charge >= 0.3 is 0 Å². The van der Waals surface area contributed by atoms with E-state index in [0.29, 0.717) is 18.3 Å². The van der Waals surface area contributed by atoms with Crippen molar-refractivity contribution in [1.29, 1.82) is 0 Å². The van der Waals surface area contributed by atoms with Crippen LogP contribution >= 0.6 is 0 Å². The Morgan fingerprint density at radius 2 is 2.05 bits per heavy atom. The minimum absolute atomic E-state index is 0.168. The number of rotatable bonds is 6. The normalized spacial score (nSPS) is 20.1. The van der Waals surface area contributed by atoms with E-state index >= 15 is 0 Å². The number of amides is 1. The first-order valence-electron chi connectivity index (χ1n) is 7.40. The third-order valence-corrected chi connectivity index (χ3v) is 4.22. The van der Waals surface area contributed by atoms with Crippen molar-refractivity contribution in [2.24, 2.45) is 11.8 Å². The Kier molecular flexibility index (Phi) is 3.92. The zero-order valence-electron chi connectivity index (χ0n) is 11.9. The summed E-state index contributed by atoms with van der Waals surface area (Å²) in [6, 6.07) is 8.22. The topological polar surface area (TPSA) is 50.4 Å². The van der Waals surface area contributed by atoms with Gasteiger partial charge in [-0.2, -0.15) is 0 Å². The van der Waals surface area contributed by atoms with Gasteiger partial charge in [-0.15, -0.1) is 0 Å². The highest BCUT2D eigenvalue weighted by atomic mass is 16.5. The zero-order chi connectivity index (χ0) is 13.9. The maximum Gasteiger partial charge on any atom is 0.220 e. The zero-order valence-corrected chi connectivity index (χ0v) is 11.9. The van der Waals surface area contributed by atoms with Crippen molar-refractivity contribution < 1.29 is 9.53 Å². The molecule has 1 aromatic carbocycles. The molecule has 0 aromatic heterocycles. The number of carbonyl (C=O) groups is 1. The maximum atomic E-state index is 12.1. The van der Waals surface area contributed by atoms with Crippen molar-refractivity contribution >= 4 is 5.91 Å². The van der Waals surface area contributed by atoms with Crippen LogP contribution in [-0.4, -0.2) is 26.1 Å². The summed E-state index contributed by atoms with van der Waals surface area (Å²) in [4.78, 5) is 12.1. The van der Waals surface area contributed by atoms with Crippen LogP contribution in [0.5, 0.6) is 5.75 Å². The lowest BCUT2D eigenvalue weighted by atomic mass is 9.97. The van der Waals surface area contributed by atoms with Crippen LogP contribution in [0.15, 0.2) is 24.3 Å². The van der Waals surface area contributed by atoms with Crippen molar-refractivity contribution in [2.45, 2.75) is 25.3 Å². The molecule has 108 valence electrons. The van der Waals surface area contributed by atoms with Crippen LogP contribution in [0, 0.1) is 11.8 Å². The Bertz CT molecular complexity index is 464. The third kappa shape index (κ3) is 3.12. The predicted molar refractivity (Wildman–Crippen MR) is 77.6 cm³/mol. The van der Waals surface area contributed by atoms with E-state index in [1.807, 2.05) is 12.1 Å². The summed E-state index contributed by atoms with van der Waals surface area (Å²) in [5.74, 6) is 2.16. The molecule has 2 fully saturated rings. The number of ether oxygens (including phenoxy) is 1. The Balaban J connectivity index is 1.63. The van der Waals surface area contributed by atoms with Gasteiger partial charge in [-0.05, 0) is 55.5 Å². The van der Waals surface area contributed by atoms with E-state index in [9.17, 15) is 4.79 Å². The summed E-state index contributed by atoms with van der Waals surface area (Å²) < 4.78 is 5.19. The van der Waals surface area contributed by atoms with Crippen LogP contribution in [0.2, 0.25) is 0 Å². The average Bonchev–Trinajstić information content (AvgIpc) is 3.25. The van der Waals surface area contributed by atoms with Crippen molar-refractivity contribution in [1.82, 2.24) is 10.6 Å². The first-order chi connectivity index (χ1) is 9.76. The fourth-order valence-corrected chi connectivity index (χ4v) is 2.70. The van der Waals surface area contributed by atoms with Crippen molar-refractivity contribution in [3.05, 3.63) is 29.8 Å². The van der Waals surface area contributed by atoms with Gasteiger partial charge in [0.2, 0.25) is 5.91 Å². The SMILES string of the molecule is COc1ccc(C(NC(=O)CC2CNC2)C2CC2)cc1. The number of hydrogen-bond acceptors (Lipinski definition) is 3. The Hall–Kier alpha value is -1.55. The standard InChI is InChI=1S/C16H22N2O2/c1-20-14-6-4-13(5-7-14)16(12-2-3-12)18-15(19)8-11-9-17-10-11/h4-7,11-12,16-17H,2-3,8-10H2,1H3,(H,18,19). The van der Waals surface area contributed by atoms with Gasteiger partial charge < -0.3 is 15.4 Å². The molecule has 1 aromatic rings. The molecule has 4 heteroatoms. The van der Waals surface area contributed by atoms with E-state index in [1.165, 1.54) is 18.4 Å². The van der Waals surface area contributed by atoms with Crippen molar-refractivity contribution in [2.75, 3.05) is 20.2 Å². The number of benzene rings is 1. The fourth-order valence-electron chi connectivity index (χ4n) is 2.70. The fraction of sp³-hybridized carbons (Fsp3) is 0.562. The van der Waals surface area contributed by atoms with Crippen LogP contribution in [-0.2, 0) is 4.79 Å². The van der Waals surface area contributed by atoms with Gasteiger partial charge in [-0.1, -0.05) is 12.1 Å². The molecule has 0 bridgehead atoms. The molecule has 1 saturated carbocycles. The lowest BCUT2D eigenvalue weighted by Crippen LogP contribution is -2.45. The molecule has 20 heavy (non-hydrogen) atoms. The predicted octanol–water partition coefficient (Wildman–Crippen LogP) is 1.87. The van der Waals surface area contributed by atoms with Crippen LogP contribution in [0.1, 0.15) is 30.9 Å². The molecule has 0 radical (unpaired) electrons. The Morgan fingerprint density at radius 3 is 2.55 bits per heavy atom. The molecular weight excluding hydrogens is 252 g/mol. The lowest BCUT2D eigenvalue weighted by molar-refractivity contribution is -0.123. The first kappa shape index (κ1) is 13.4. The number of methoxy groups -OCH3 is 1. The molecule has 4 nitrogen and oxygen atoms in total. The smallest absolute Gasteiger partial charge is 0.220 e. The quantitative estimate of drug-likeness (QED) is 0.832. The van der Waals surface area contributed by atoms with E-state index in [4.69, 9.17) is 4.74 Å². The van der Waals surface area contributed by atoms with Crippen LogP contribution in [0.3, 0.4) is 0 Å². The molecule has 1 saturated heterocycles. The van der Waals surface area contributed by atoms with Crippen LogP contribution in [0.25, 0.3) is 0 Å². The molecular formula is C16H22N2O2. The minimum Gasteiger partial charge on any atom is -0.497 e. The van der Waals surface area contributed by atoms with Gasteiger partial charge in [-0.3, -0.25) is 4.79 Å². The summed E-state index contributed by atoms with van der Waals surface area (Å²) >= 11 is 0. The van der Waals surface area contributed by atoms with Gasteiger partial charge in [0.05, 0.1) is 13.2 Å². The molecule has 1 heterocycles. The average molecular weight is 274 g/mol. The van der Waals surface area contributed by atoms with E-state index in [1.54, 1.807) is 7.11 Å². The van der Waals surface area contributed by atoms with E-state index in [2.05, 4.69) is 22.8 Å². The number of nitrogens with one attached hydrogen (secondary N) is 2. The monoisotopic (exact) mass is 274 g/mol. The van der Waals surface area contributed by atoms with Gasteiger partial charge in [-0.25, -0.2) is 0 Å². The number of hydrogen-bond donors (Lipinski definition) is 2. The second-order valence-corrected chi connectivity index (χ2v) is 5.88. The summed E-state index contributed by atoms with van der Waals surface area (Å²) in [7, 11) is 1.67. The highest BCUT2D eigenvalue weighted by Gasteiger charge is 2.34. The third-order valence-electron chi connectivity index (χ3n) is 4.22. The van der Waals surface area contributed by atoms with Gasteiger partial charge in [0.25, 0.3) is 0 Å². The van der Waals surface area contributed by atoms with Crippen molar-refractivity contribution in [3.63, 3.8) is 0 Å². The molecule has 1 aliphatic heterocycles. The van der Waals surface area contributed by atoms with Gasteiger partial charge in [0.15, 0.2) is 0 Å². The second-order valence-electron chi connectivity index (χ2n) is 5.88. The first-order valence-corrected chi connectivity index (χ1v) is 7.40. The van der Waals surface area contributed by atoms with E-state index in [0.717, 1.165) is 18.8 Å². The minimum atomic E-state index is 0.168. The summed E-state index contributed by atoms with van der Waals surface area (Å²) in [6.45, 7) is 1.95. The molecule has 2 aliphatic rings. The molecule has 1 aliphatic carbocycles. The molecule has 2 N–H and O–H groups in total. The molecule has 1 unspecified atom stereocenters. The van der Waals surface area contributed by atoms with E-state index < -0.39 is 0 Å². The lowest BCUT2D eigenvalue weighted by Gasteiger charge is -2.27.